The van der Waals surface area contributed by atoms with Crippen LogP contribution in [0.1, 0.15) is 38.3 Å². The van der Waals surface area contributed by atoms with E-state index in [0.29, 0.717) is 6.04 Å². The molecule has 2 heterocycles. The molecule has 3 unspecified atom stereocenters. The maximum atomic E-state index is 6.40. The first-order chi connectivity index (χ1) is 9.26. The molecule has 1 aliphatic rings. The molecule has 0 aliphatic carbocycles. The third-order valence-electron chi connectivity index (χ3n) is 3.94. The summed E-state index contributed by atoms with van der Waals surface area (Å²) in [6, 6.07) is 4.76. The summed E-state index contributed by atoms with van der Waals surface area (Å²) in [5, 5.41) is 0.752. The summed E-state index contributed by atoms with van der Waals surface area (Å²) < 4.78 is 0. The average Bonchev–Trinajstić information content (AvgIpc) is 2.48. The van der Waals surface area contributed by atoms with Crippen LogP contribution in [-0.4, -0.2) is 40.0 Å². The summed E-state index contributed by atoms with van der Waals surface area (Å²) in [6.07, 6.45) is 6.00. The van der Waals surface area contributed by atoms with Crippen LogP contribution in [0.25, 0.3) is 0 Å². The Labute approximate surface area is 121 Å². The number of nitrogens with two attached hydrogens (primary N) is 1. The van der Waals surface area contributed by atoms with Crippen molar-refractivity contribution in [2.75, 3.05) is 18.8 Å². The van der Waals surface area contributed by atoms with Crippen LogP contribution in [0.15, 0.2) is 24.5 Å². The van der Waals surface area contributed by atoms with Gasteiger partial charge in [-0.05, 0) is 30.5 Å². The second kappa shape index (κ2) is 7.27. The van der Waals surface area contributed by atoms with Crippen LogP contribution < -0.4 is 5.73 Å². The van der Waals surface area contributed by atoms with E-state index < -0.39 is 0 Å². The third-order valence-corrected chi connectivity index (χ3v) is 5.32. The molecule has 0 amide bonds. The lowest BCUT2D eigenvalue weighted by Gasteiger charge is -2.40. The molecule has 3 atom stereocenters. The Balaban J connectivity index is 2.18. The maximum Gasteiger partial charge on any atom is 0.0500 e. The van der Waals surface area contributed by atoms with Gasteiger partial charge in [-0.25, -0.2) is 0 Å². The molecule has 1 saturated heterocycles. The van der Waals surface area contributed by atoms with Gasteiger partial charge in [0.1, 0.15) is 0 Å². The molecule has 106 valence electrons. The van der Waals surface area contributed by atoms with Gasteiger partial charge in [-0.3, -0.25) is 9.88 Å². The van der Waals surface area contributed by atoms with Crippen molar-refractivity contribution in [3.63, 3.8) is 0 Å². The first-order valence-corrected chi connectivity index (χ1v) is 8.32. The molecule has 1 aromatic rings. The highest BCUT2D eigenvalue weighted by atomic mass is 32.2. The third kappa shape index (κ3) is 3.71. The van der Waals surface area contributed by atoms with Crippen molar-refractivity contribution in [3.05, 3.63) is 30.1 Å². The number of hydrogen-bond donors (Lipinski definition) is 1. The van der Waals surface area contributed by atoms with E-state index in [-0.39, 0.29) is 6.04 Å². The van der Waals surface area contributed by atoms with E-state index in [2.05, 4.69) is 47.6 Å². The zero-order valence-corrected chi connectivity index (χ0v) is 12.8. The molecule has 0 radical (unpaired) electrons. The van der Waals surface area contributed by atoms with Crippen molar-refractivity contribution in [2.45, 2.75) is 44.0 Å². The first kappa shape index (κ1) is 14.8. The van der Waals surface area contributed by atoms with Gasteiger partial charge in [-0.1, -0.05) is 13.8 Å². The van der Waals surface area contributed by atoms with Crippen molar-refractivity contribution < 1.29 is 0 Å². The van der Waals surface area contributed by atoms with Crippen LogP contribution in [-0.2, 0) is 0 Å². The first-order valence-electron chi connectivity index (χ1n) is 7.27. The Hall–Kier alpha value is -0.580. The summed E-state index contributed by atoms with van der Waals surface area (Å²) in [5.74, 6) is 1.22. The highest BCUT2D eigenvalue weighted by Crippen LogP contribution is 2.30. The zero-order valence-electron chi connectivity index (χ0n) is 12.0. The van der Waals surface area contributed by atoms with E-state index in [1.807, 2.05) is 12.4 Å². The van der Waals surface area contributed by atoms with Gasteiger partial charge in [0.25, 0.3) is 0 Å². The monoisotopic (exact) mass is 279 g/mol. The predicted molar refractivity (Wildman–Crippen MR) is 83.4 cm³/mol. The Morgan fingerprint density at radius 2 is 2.16 bits per heavy atom. The van der Waals surface area contributed by atoms with Gasteiger partial charge >= 0.3 is 0 Å². The van der Waals surface area contributed by atoms with Gasteiger partial charge in [0.2, 0.25) is 0 Å². The van der Waals surface area contributed by atoms with E-state index in [4.69, 9.17) is 5.73 Å². The summed E-state index contributed by atoms with van der Waals surface area (Å²) in [6.45, 7) is 6.75. The second-order valence-electron chi connectivity index (χ2n) is 5.19. The second-order valence-corrected chi connectivity index (χ2v) is 6.60. The molecule has 1 fully saturated rings. The van der Waals surface area contributed by atoms with Crippen molar-refractivity contribution in [1.82, 2.24) is 9.88 Å². The summed E-state index contributed by atoms with van der Waals surface area (Å²) >= 11 is 2.10. The number of nitrogens with zero attached hydrogens (tertiary/aromatic N) is 2. The Kier molecular flexibility index (Phi) is 5.67. The molecule has 2 N–H and O–H groups in total. The molecule has 0 spiro atoms. The Morgan fingerprint density at radius 3 is 2.79 bits per heavy atom. The molecule has 1 aromatic heterocycles. The number of rotatable bonds is 5. The lowest BCUT2D eigenvalue weighted by Crippen LogP contribution is -2.46. The smallest absolute Gasteiger partial charge is 0.0500 e. The van der Waals surface area contributed by atoms with Crippen molar-refractivity contribution in [2.24, 2.45) is 5.73 Å². The SMILES string of the molecule is CCC1CN(C(c2ccncc2)C(N)CC)CCS1. The van der Waals surface area contributed by atoms with Crippen LogP contribution >= 0.6 is 11.8 Å². The lowest BCUT2D eigenvalue weighted by molar-refractivity contribution is 0.174. The standard InChI is InChI=1S/C15H25N3S/c1-3-13-11-18(9-10-19-13)15(14(16)4-2)12-5-7-17-8-6-12/h5-8,13-15H,3-4,9-11,16H2,1-2H3. The van der Waals surface area contributed by atoms with E-state index in [9.17, 15) is 0 Å². The normalized spacial score (nSPS) is 24.1. The number of hydrogen-bond acceptors (Lipinski definition) is 4. The topological polar surface area (TPSA) is 42.2 Å². The molecule has 0 aromatic carbocycles. The van der Waals surface area contributed by atoms with E-state index in [1.54, 1.807) is 0 Å². The molecule has 0 saturated carbocycles. The van der Waals surface area contributed by atoms with Crippen LogP contribution in [0.4, 0.5) is 0 Å². The Bertz CT molecular complexity index is 371. The molecular formula is C15H25N3S. The van der Waals surface area contributed by atoms with Crippen molar-refractivity contribution in [3.8, 4) is 0 Å². The quantitative estimate of drug-likeness (QED) is 0.900. The predicted octanol–water partition coefficient (Wildman–Crippen LogP) is 2.69. The van der Waals surface area contributed by atoms with Crippen LogP contribution in [0.3, 0.4) is 0 Å². The van der Waals surface area contributed by atoms with Gasteiger partial charge in [0.15, 0.2) is 0 Å². The Morgan fingerprint density at radius 1 is 1.42 bits per heavy atom. The fraction of sp³-hybridized carbons (Fsp3) is 0.667. The highest BCUT2D eigenvalue weighted by molar-refractivity contribution is 8.00. The molecule has 1 aliphatic heterocycles. The maximum absolute atomic E-state index is 6.40. The van der Waals surface area contributed by atoms with Crippen LogP contribution in [0, 0.1) is 0 Å². The molecule has 4 heteroatoms. The molecule has 19 heavy (non-hydrogen) atoms. The van der Waals surface area contributed by atoms with Gasteiger partial charge < -0.3 is 5.73 Å². The van der Waals surface area contributed by atoms with Gasteiger partial charge in [-0.2, -0.15) is 11.8 Å². The number of aromatic nitrogens is 1. The van der Waals surface area contributed by atoms with E-state index >= 15 is 0 Å². The average molecular weight is 279 g/mol. The minimum absolute atomic E-state index is 0.197. The fourth-order valence-electron chi connectivity index (χ4n) is 2.75. The van der Waals surface area contributed by atoms with Gasteiger partial charge in [0.05, 0.1) is 6.04 Å². The molecular weight excluding hydrogens is 254 g/mol. The summed E-state index contributed by atoms with van der Waals surface area (Å²) in [4.78, 5) is 6.70. The van der Waals surface area contributed by atoms with Crippen LogP contribution in [0.2, 0.25) is 0 Å². The van der Waals surface area contributed by atoms with E-state index in [1.165, 1.54) is 17.7 Å². The van der Waals surface area contributed by atoms with Gasteiger partial charge in [0, 0.05) is 42.5 Å². The van der Waals surface area contributed by atoms with Crippen molar-refractivity contribution >= 4 is 11.8 Å². The fourth-order valence-corrected chi connectivity index (χ4v) is 3.96. The lowest BCUT2D eigenvalue weighted by atomic mass is 9.96. The van der Waals surface area contributed by atoms with E-state index in [0.717, 1.165) is 24.8 Å². The molecule has 3 nitrogen and oxygen atoms in total. The molecule has 0 bridgehead atoms. The van der Waals surface area contributed by atoms with Crippen molar-refractivity contribution in [1.29, 1.82) is 0 Å². The molecule has 2 rings (SSSR count). The summed E-state index contributed by atoms with van der Waals surface area (Å²) in [5.41, 5.74) is 7.71. The minimum atomic E-state index is 0.197. The minimum Gasteiger partial charge on any atom is -0.326 e. The number of thioether (sulfide) groups is 1. The van der Waals surface area contributed by atoms with Gasteiger partial charge in [-0.15, -0.1) is 0 Å². The highest BCUT2D eigenvalue weighted by Gasteiger charge is 2.29. The summed E-state index contributed by atoms with van der Waals surface area (Å²) in [7, 11) is 0. The zero-order chi connectivity index (χ0) is 13.7. The number of pyridine rings is 1. The van der Waals surface area contributed by atoms with Crippen LogP contribution in [0.5, 0.6) is 0 Å². The largest absolute Gasteiger partial charge is 0.326 e.